The van der Waals surface area contributed by atoms with Crippen LogP contribution in [0.25, 0.3) is 0 Å². The summed E-state index contributed by atoms with van der Waals surface area (Å²) >= 11 is 0. The van der Waals surface area contributed by atoms with Crippen molar-refractivity contribution in [2.24, 2.45) is 0 Å². The normalized spacial score (nSPS) is 21.6. The van der Waals surface area contributed by atoms with Crippen molar-refractivity contribution in [3.05, 3.63) is 17.5 Å². The Bertz CT molecular complexity index is 462. The third-order valence-electron chi connectivity index (χ3n) is 3.09. The molecule has 1 aromatic heterocycles. The van der Waals surface area contributed by atoms with Gasteiger partial charge in [0.1, 0.15) is 0 Å². The summed E-state index contributed by atoms with van der Waals surface area (Å²) in [7, 11) is -3.23. The number of hydrogen-bond donors (Lipinski definition) is 3. The first-order valence-corrected chi connectivity index (χ1v) is 7.32. The molecule has 3 N–H and O–H groups in total. The second-order valence-corrected chi connectivity index (χ2v) is 6.40. The first-order chi connectivity index (χ1) is 8.09. The van der Waals surface area contributed by atoms with Crippen molar-refractivity contribution >= 4 is 10.0 Å². The lowest BCUT2D eigenvalue weighted by Gasteiger charge is -2.22. The van der Waals surface area contributed by atoms with Crippen LogP contribution in [0.2, 0.25) is 0 Å². The van der Waals surface area contributed by atoms with Gasteiger partial charge in [-0.1, -0.05) is 0 Å². The maximum atomic E-state index is 12.0. The average molecular weight is 258 g/mol. The maximum absolute atomic E-state index is 12.0. The van der Waals surface area contributed by atoms with Gasteiger partial charge in [0.05, 0.1) is 11.4 Å². The summed E-state index contributed by atoms with van der Waals surface area (Å²) in [6.07, 6.45) is 3.29. The number of piperidine rings is 1. The molecule has 0 spiro atoms. The zero-order chi connectivity index (χ0) is 12.3. The minimum absolute atomic E-state index is 0.307. The van der Waals surface area contributed by atoms with Gasteiger partial charge >= 0.3 is 0 Å². The molecule has 0 amide bonds. The molecule has 6 nitrogen and oxygen atoms in total. The predicted octanol–water partition coefficient (Wildman–Crippen LogP) is -0.110. The van der Waals surface area contributed by atoms with Crippen LogP contribution >= 0.6 is 0 Å². The van der Waals surface area contributed by atoms with E-state index in [-0.39, 0.29) is 5.25 Å². The molecular weight excluding hydrogens is 240 g/mol. The monoisotopic (exact) mass is 258 g/mol. The molecule has 1 aliphatic heterocycles. The molecule has 1 atom stereocenters. The Morgan fingerprint density at radius 3 is 3.00 bits per heavy atom. The smallest absolute Gasteiger partial charge is 0.216 e. The minimum Gasteiger partial charge on any atom is -0.315 e. The van der Waals surface area contributed by atoms with Crippen LogP contribution in [0.5, 0.6) is 0 Å². The van der Waals surface area contributed by atoms with Gasteiger partial charge in [0, 0.05) is 24.3 Å². The summed E-state index contributed by atoms with van der Waals surface area (Å²) in [6.45, 7) is 3.63. The van der Waals surface area contributed by atoms with E-state index in [0.29, 0.717) is 13.1 Å². The number of H-pyrrole nitrogens is 1. The van der Waals surface area contributed by atoms with Crippen LogP contribution in [0.1, 0.15) is 24.1 Å². The lowest BCUT2D eigenvalue weighted by molar-refractivity contribution is 0.490. The Hall–Kier alpha value is -0.920. The van der Waals surface area contributed by atoms with Gasteiger partial charge in [-0.3, -0.25) is 5.10 Å². The van der Waals surface area contributed by atoms with Crippen LogP contribution in [-0.2, 0) is 16.6 Å². The van der Waals surface area contributed by atoms with E-state index in [1.165, 1.54) is 0 Å². The fourth-order valence-corrected chi connectivity index (χ4v) is 3.34. The highest BCUT2D eigenvalue weighted by Crippen LogP contribution is 2.11. The molecule has 1 aromatic rings. The van der Waals surface area contributed by atoms with Crippen molar-refractivity contribution in [2.45, 2.75) is 31.6 Å². The molecule has 0 aliphatic carbocycles. The number of nitrogens with one attached hydrogen (secondary N) is 3. The van der Waals surface area contributed by atoms with E-state index in [9.17, 15) is 8.42 Å². The Morgan fingerprint density at radius 1 is 1.59 bits per heavy atom. The highest BCUT2D eigenvalue weighted by atomic mass is 32.2. The van der Waals surface area contributed by atoms with Gasteiger partial charge in [0.25, 0.3) is 0 Å². The number of hydrogen-bond acceptors (Lipinski definition) is 4. The lowest BCUT2D eigenvalue weighted by Crippen LogP contribution is -2.44. The second kappa shape index (κ2) is 5.16. The standard InChI is InChI=1S/C10H18N4O2S/c1-8-9(5-12-14-8)6-13-17(15,16)10-3-2-4-11-7-10/h5,10-11,13H,2-4,6-7H2,1H3,(H,12,14). The third-order valence-corrected chi connectivity index (χ3v) is 4.92. The second-order valence-electron chi connectivity index (χ2n) is 4.35. The van der Waals surface area contributed by atoms with Gasteiger partial charge in [-0.15, -0.1) is 0 Å². The first-order valence-electron chi connectivity index (χ1n) is 5.77. The predicted molar refractivity (Wildman–Crippen MR) is 65.0 cm³/mol. The number of sulfonamides is 1. The van der Waals surface area contributed by atoms with Crippen molar-refractivity contribution in [1.29, 1.82) is 0 Å². The van der Waals surface area contributed by atoms with Crippen molar-refractivity contribution < 1.29 is 8.42 Å². The van der Waals surface area contributed by atoms with E-state index in [4.69, 9.17) is 0 Å². The highest BCUT2D eigenvalue weighted by Gasteiger charge is 2.26. The fraction of sp³-hybridized carbons (Fsp3) is 0.700. The molecule has 1 aliphatic rings. The van der Waals surface area contributed by atoms with Gasteiger partial charge in [0.15, 0.2) is 0 Å². The zero-order valence-electron chi connectivity index (χ0n) is 9.86. The maximum Gasteiger partial charge on any atom is 0.216 e. The number of aromatic nitrogens is 2. The van der Waals surface area contributed by atoms with Crippen LogP contribution in [0, 0.1) is 6.92 Å². The molecule has 0 aromatic carbocycles. The van der Waals surface area contributed by atoms with Crippen LogP contribution in [0.15, 0.2) is 6.20 Å². The summed E-state index contributed by atoms with van der Waals surface area (Å²) in [5.41, 5.74) is 1.78. The van der Waals surface area contributed by atoms with E-state index in [2.05, 4.69) is 20.2 Å². The Kier molecular flexibility index (Phi) is 3.80. The summed E-state index contributed by atoms with van der Waals surface area (Å²) in [5, 5.41) is 9.44. The molecule has 96 valence electrons. The molecule has 7 heteroatoms. The quantitative estimate of drug-likeness (QED) is 0.703. The molecule has 2 heterocycles. The van der Waals surface area contributed by atoms with Gasteiger partial charge in [-0.2, -0.15) is 5.10 Å². The van der Waals surface area contributed by atoms with Crippen LogP contribution in [0.4, 0.5) is 0 Å². The van der Waals surface area contributed by atoms with Gasteiger partial charge in [-0.25, -0.2) is 13.1 Å². The minimum atomic E-state index is -3.23. The van der Waals surface area contributed by atoms with E-state index < -0.39 is 10.0 Å². The Labute approximate surface area is 101 Å². The Balaban J connectivity index is 1.95. The first kappa shape index (κ1) is 12.5. The lowest BCUT2D eigenvalue weighted by atomic mass is 10.2. The average Bonchev–Trinajstić information content (AvgIpc) is 2.74. The zero-order valence-corrected chi connectivity index (χ0v) is 10.7. The molecule has 0 bridgehead atoms. The third kappa shape index (κ3) is 3.05. The summed E-state index contributed by atoms with van der Waals surface area (Å²) in [6, 6.07) is 0. The number of nitrogens with zero attached hydrogens (tertiary/aromatic N) is 1. The molecule has 2 rings (SSSR count). The topological polar surface area (TPSA) is 86.9 Å². The van der Waals surface area contributed by atoms with Crippen molar-refractivity contribution in [3.63, 3.8) is 0 Å². The van der Waals surface area contributed by atoms with Crippen molar-refractivity contribution in [1.82, 2.24) is 20.2 Å². The molecular formula is C10H18N4O2S. The van der Waals surface area contributed by atoms with Crippen LogP contribution in [-0.4, -0.2) is 37.0 Å². The van der Waals surface area contributed by atoms with Gasteiger partial charge in [0.2, 0.25) is 10.0 Å². The molecule has 0 saturated carbocycles. The molecule has 1 fully saturated rings. The molecule has 1 saturated heterocycles. The van der Waals surface area contributed by atoms with E-state index in [0.717, 1.165) is 30.6 Å². The van der Waals surface area contributed by atoms with Crippen LogP contribution < -0.4 is 10.0 Å². The fourth-order valence-electron chi connectivity index (χ4n) is 1.93. The van der Waals surface area contributed by atoms with Gasteiger partial charge in [-0.05, 0) is 26.3 Å². The molecule has 0 radical (unpaired) electrons. The van der Waals surface area contributed by atoms with Crippen molar-refractivity contribution in [3.8, 4) is 0 Å². The highest BCUT2D eigenvalue weighted by molar-refractivity contribution is 7.90. The summed E-state index contributed by atoms with van der Waals surface area (Å²) in [4.78, 5) is 0. The summed E-state index contributed by atoms with van der Waals surface area (Å²) in [5.74, 6) is 0. The molecule has 17 heavy (non-hydrogen) atoms. The summed E-state index contributed by atoms with van der Waals surface area (Å²) < 4.78 is 26.7. The SMILES string of the molecule is Cc1[nH]ncc1CNS(=O)(=O)C1CCCNC1. The Morgan fingerprint density at radius 2 is 2.41 bits per heavy atom. The van der Waals surface area contributed by atoms with Gasteiger partial charge < -0.3 is 5.32 Å². The largest absolute Gasteiger partial charge is 0.315 e. The number of rotatable bonds is 4. The molecule has 1 unspecified atom stereocenters. The van der Waals surface area contributed by atoms with Crippen molar-refractivity contribution in [2.75, 3.05) is 13.1 Å². The number of aromatic amines is 1. The van der Waals surface area contributed by atoms with E-state index >= 15 is 0 Å². The van der Waals surface area contributed by atoms with Crippen LogP contribution in [0.3, 0.4) is 0 Å². The van der Waals surface area contributed by atoms with E-state index in [1.54, 1.807) is 6.20 Å². The number of aryl methyl sites for hydroxylation is 1. The van der Waals surface area contributed by atoms with E-state index in [1.807, 2.05) is 6.92 Å².